The zero-order valence-electron chi connectivity index (χ0n) is 46.8. The summed E-state index contributed by atoms with van der Waals surface area (Å²) in [5.41, 5.74) is 0. The van der Waals surface area contributed by atoms with E-state index in [-0.39, 0.29) is 31.0 Å². The molecule has 0 spiro atoms. The van der Waals surface area contributed by atoms with Crippen LogP contribution >= 0.6 is 0 Å². The van der Waals surface area contributed by atoms with Gasteiger partial charge in [0.05, 0.1) is 98.7 Å². The van der Waals surface area contributed by atoms with Crippen LogP contribution in [0.15, 0.2) is 95.7 Å². The van der Waals surface area contributed by atoms with Crippen molar-refractivity contribution in [2.24, 2.45) is 17.8 Å². The minimum atomic E-state index is -2.48. The monoisotopic (exact) mass is 1170 g/mol. The van der Waals surface area contributed by atoms with E-state index in [0.29, 0.717) is 5.76 Å². The summed E-state index contributed by atoms with van der Waals surface area (Å²) in [6, 6.07) is 0.0544. The lowest BCUT2D eigenvalue weighted by Crippen LogP contribution is -2.69. The van der Waals surface area contributed by atoms with Crippen molar-refractivity contribution in [3.8, 4) is 0 Å². The van der Waals surface area contributed by atoms with Crippen molar-refractivity contribution in [2.45, 2.75) is 208 Å². The summed E-state index contributed by atoms with van der Waals surface area (Å²) in [4.78, 5) is 26.9. The third-order valence-electron chi connectivity index (χ3n) is 15.1. The predicted octanol–water partition coefficient (Wildman–Crippen LogP) is -1.01. The van der Waals surface area contributed by atoms with Crippen molar-refractivity contribution in [1.82, 2.24) is 10.5 Å². The van der Waals surface area contributed by atoms with Crippen molar-refractivity contribution >= 4 is 17.7 Å². The Balaban J connectivity index is 1.43. The summed E-state index contributed by atoms with van der Waals surface area (Å²) < 4.78 is 34.4. The second-order valence-electron chi connectivity index (χ2n) is 22.0. The largest absolute Gasteiger partial charge is 0.462 e. The van der Waals surface area contributed by atoms with Gasteiger partial charge in [-0.3, -0.25) is 9.59 Å². The molecule has 16 N–H and O–H groups in total. The SMILES string of the molecule is Cc1cc(NC(=O)C2C3C[C@@H](OC4O[C@H](C)[C@@H](O)[C@H](NC[C@@]5(O)OC[C@@H](O)[C@@H](O)[C@@H]5O)[C@@H]4O)/C=C/C=C/C=C/C=C/C=C/C=C/C=C/[C@H](C)[C@@H](O)[C@@H](C)[C@H](C)OC(=O)C[C@H](O)C[C@H](O)CC[C@@H](O)[C@H](O)C[C@H](O)C[C@](O)(C[C@@H]2O)O3)no1. The van der Waals surface area contributed by atoms with Gasteiger partial charge in [-0.1, -0.05) is 104 Å². The summed E-state index contributed by atoms with van der Waals surface area (Å²) in [6.07, 6.45) is -3.94. The molecule has 3 fully saturated rings. The molecule has 82 heavy (non-hydrogen) atoms. The van der Waals surface area contributed by atoms with Crippen LogP contribution in [-0.4, -0.2) is 223 Å². The Kier molecular flexibility index (Phi) is 26.8. The van der Waals surface area contributed by atoms with Crippen LogP contribution in [0, 0.1) is 24.7 Å². The summed E-state index contributed by atoms with van der Waals surface area (Å²) >= 11 is 0. The number of hydrogen-bond donors (Lipinski definition) is 16. The minimum absolute atomic E-state index is 0.0132. The van der Waals surface area contributed by atoms with Crippen molar-refractivity contribution in [2.75, 3.05) is 18.5 Å². The van der Waals surface area contributed by atoms with Crippen LogP contribution in [0.5, 0.6) is 0 Å². The Labute approximate surface area is 476 Å². The molecule has 23 atom stereocenters. The molecule has 0 aromatic carbocycles. The number of carbonyl (C=O) groups excluding carboxylic acids is 2. The lowest BCUT2D eigenvalue weighted by molar-refractivity contribution is -0.323. The maximum absolute atomic E-state index is 14.1. The zero-order valence-corrected chi connectivity index (χ0v) is 46.8. The van der Waals surface area contributed by atoms with Crippen LogP contribution in [0.4, 0.5) is 5.82 Å². The van der Waals surface area contributed by atoms with Gasteiger partial charge in [0.1, 0.15) is 36.3 Å². The number of carbonyl (C=O) groups is 2. The average Bonchev–Trinajstić information content (AvgIpc) is 3.82. The van der Waals surface area contributed by atoms with Crippen LogP contribution in [0.25, 0.3) is 0 Å². The lowest BCUT2D eigenvalue weighted by Gasteiger charge is -2.47. The molecule has 0 radical (unpaired) electrons. The van der Waals surface area contributed by atoms with Gasteiger partial charge in [-0.2, -0.15) is 0 Å². The van der Waals surface area contributed by atoms with Gasteiger partial charge < -0.3 is 110 Å². The van der Waals surface area contributed by atoms with E-state index >= 15 is 0 Å². The molecule has 25 nitrogen and oxygen atoms in total. The molecule has 1 amide bonds. The van der Waals surface area contributed by atoms with E-state index < -0.39 is 191 Å². The number of rotatable bonds is 7. The van der Waals surface area contributed by atoms with Crippen molar-refractivity contribution in [3.63, 3.8) is 0 Å². The van der Waals surface area contributed by atoms with Crippen LogP contribution in [0.3, 0.4) is 0 Å². The fourth-order valence-corrected chi connectivity index (χ4v) is 10.1. The number of hydrogen-bond acceptors (Lipinski definition) is 24. The van der Waals surface area contributed by atoms with Gasteiger partial charge in [0.25, 0.3) is 0 Å². The number of amides is 1. The highest BCUT2D eigenvalue weighted by atomic mass is 16.7. The molecule has 1 aromatic heterocycles. The summed E-state index contributed by atoms with van der Waals surface area (Å²) in [7, 11) is 0. The first kappa shape index (κ1) is 68.4. The highest BCUT2D eigenvalue weighted by Gasteiger charge is 2.53. The Morgan fingerprint density at radius 3 is 1.93 bits per heavy atom. The number of fused-ring (bicyclic) bond motifs is 2. The van der Waals surface area contributed by atoms with E-state index in [1.807, 2.05) is 6.92 Å². The number of nitrogens with one attached hydrogen (secondary N) is 2. The van der Waals surface area contributed by atoms with Crippen LogP contribution in [0.1, 0.15) is 84.8 Å². The normalized spacial score (nSPS) is 44.2. The van der Waals surface area contributed by atoms with Gasteiger partial charge in [0, 0.05) is 43.6 Å². The highest BCUT2D eigenvalue weighted by Crippen LogP contribution is 2.39. The maximum atomic E-state index is 14.1. The van der Waals surface area contributed by atoms with Gasteiger partial charge in [0.15, 0.2) is 17.9 Å². The van der Waals surface area contributed by atoms with Crippen LogP contribution in [-0.2, 0) is 33.3 Å². The summed E-state index contributed by atoms with van der Waals surface area (Å²) in [5.74, 6) is -8.43. The Morgan fingerprint density at radius 1 is 0.683 bits per heavy atom. The number of aliphatic hydroxyl groups excluding tert-OH is 12. The van der Waals surface area contributed by atoms with E-state index in [0.717, 1.165) is 0 Å². The second kappa shape index (κ2) is 32.2. The predicted molar refractivity (Wildman–Crippen MR) is 292 cm³/mol. The lowest BCUT2D eigenvalue weighted by atomic mass is 9.82. The fraction of sp³-hybridized carbons (Fsp3) is 0.667. The van der Waals surface area contributed by atoms with Gasteiger partial charge in [-0.05, 0) is 40.0 Å². The van der Waals surface area contributed by atoms with E-state index in [4.69, 9.17) is 28.2 Å². The van der Waals surface area contributed by atoms with Gasteiger partial charge in [-0.15, -0.1) is 0 Å². The first-order valence-electron chi connectivity index (χ1n) is 27.8. The minimum Gasteiger partial charge on any atom is -0.462 e. The summed E-state index contributed by atoms with van der Waals surface area (Å²) in [5, 5.41) is 163. The molecule has 5 heterocycles. The third-order valence-corrected chi connectivity index (χ3v) is 15.1. The average molecular weight is 1170 g/mol. The molecule has 0 saturated carbocycles. The molecular formula is C57H87N3O22. The number of aromatic nitrogens is 1. The van der Waals surface area contributed by atoms with Crippen molar-refractivity contribution in [3.05, 3.63) is 96.9 Å². The topological polar surface area (TPSA) is 414 Å². The molecule has 25 heteroatoms. The molecule has 1 aromatic rings. The first-order chi connectivity index (χ1) is 38.7. The molecular weight excluding hydrogens is 1080 g/mol. The smallest absolute Gasteiger partial charge is 0.308 e. The fourth-order valence-electron chi connectivity index (χ4n) is 10.1. The van der Waals surface area contributed by atoms with E-state index in [1.165, 1.54) is 19.1 Å². The Hall–Kier alpha value is -4.43. The Morgan fingerprint density at radius 2 is 1.30 bits per heavy atom. The molecule has 5 rings (SSSR count). The van der Waals surface area contributed by atoms with Crippen molar-refractivity contribution < 1.29 is 109 Å². The molecule has 462 valence electrons. The molecule has 4 aliphatic heterocycles. The van der Waals surface area contributed by atoms with E-state index in [1.54, 1.807) is 99.8 Å². The Bertz CT molecular complexity index is 2350. The standard InChI is InChI=1S/C57H87N3O22/c1-31-18-16-14-12-10-8-6-7-9-11-13-15-17-19-39(80-55-52(72)48(50(70)35(5)79-55)58-30-57(76)53(73)51(71)43(67)29-77-57)26-44-47(54(74)59-45-22-32(2)82-60-45)42(66)28-56(75,81-44)27-38(63)24-41(65)40(64)21-20-36(61)23-37(62)25-46(68)78-34(4)33(3)49(31)69/h6-19,22,31,33-44,47-53,55,58,61-67,69-73,75-76H,20-21,23-30H2,1-5H3,(H,59,60,74)/b7-6+,10-8+,11-9+,14-12+,15-13+,18-16+,19-17+/t31-,33-,34-,35+,36+,37+,38-,39-,40+,41+,42-,43+,44?,47?,48-,49+,50+,51+,52-,53-,55?,56+,57+/m0/s1. The number of allylic oxidation sites excluding steroid dienone is 12. The highest BCUT2D eigenvalue weighted by molar-refractivity contribution is 5.92. The van der Waals surface area contributed by atoms with Crippen LogP contribution in [0.2, 0.25) is 0 Å². The molecule has 0 aliphatic carbocycles. The van der Waals surface area contributed by atoms with E-state index in [2.05, 4.69) is 15.8 Å². The molecule has 3 unspecified atom stereocenters. The first-order valence-corrected chi connectivity index (χ1v) is 27.8. The van der Waals surface area contributed by atoms with Crippen LogP contribution < -0.4 is 10.6 Å². The second-order valence-corrected chi connectivity index (χ2v) is 22.0. The third kappa shape index (κ3) is 20.4. The number of ether oxygens (including phenoxy) is 5. The van der Waals surface area contributed by atoms with Gasteiger partial charge in [0.2, 0.25) is 11.7 Å². The number of cyclic esters (lactones) is 1. The molecule has 3 saturated heterocycles. The summed E-state index contributed by atoms with van der Waals surface area (Å²) in [6.45, 7) is 7.00. The molecule has 4 aliphatic rings. The number of anilines is 1. The molecule has 2 bridgehead atoms. The quantitative estimate of drug-likeness (QED) is 0.146. The van der Waals surface area contributed by atoms with Gasteiger partial charge >= 0.3 is 5.97 Å². The van der Waals surface area contributed by atoms with E-state index in [9.17, 15) is 81.1 Å². The number of aliphatic hydroxyl groups is 14. The van der Waals surface area contributed by atoms with Crippen molar-refractivity contribution in [1.29, 1.82) is 0 Å². The van der Waals surface area contributed by atoms with Gasteiger partial charge in [-0.25, -0.2) is 0 Å². The number of nitrogens with zero attached hydrogens (tertiary/aromatic N) is 1. The number of esters is 1. The number of aryl methyl sites for hydroxylation is 1. The zero-order chi connectivity index (χ0) is 60.5. The maximum Gasteiger partial charge on any atom is 0.308 e.